The van der Waals surface area contributed by atoms with E-state index in [1.807, 2.05) is 32.6 Å². The summed E-state index contributed by atoms with van der Waals surface area (Å²) in [6.45, 7) is 9.37. The third-order valence-electron chi connectivity index (χ3n) is 7.77. The Morgan fingerprint density at radius 2 is 1.73 bits per heavy atom. The van der Waals surface area contributed by atoms with Crippen molar-refractivity contribution >= 4 is 50.2 Å². The average Bonchev–Trinajstić information content (AvgIpc) is 3.03. The maximum absolute atomic E-state index is 15.1. The van der Waals surface area contributed by atoms with Crippen molar-refractivity contribution < 1.29 is 9.18 Å². The molecule has 45 heavy (non-hydrogen) atoms. The number of carbonyl (C=O) groups is 1. The number of pyridine rings is 2. The number of amides is 1. The van der Waals surface area contributed by atoms with Crippen molar-refractivity contribution in [1.29, 1.82) is 5.26 Å². The molecule has 0 spiro atoms. The molecule has 232 valence electrons. The molecule has 1 aromatic carbocycles. The van der Waals surface area contributed by atoms with Crippen LogP contribution >= 0.6 is 27.5 Å². The molecule has 1 amide bonds. The third kappa shape index (κ3) is 6.09. The molecule has 0 bridgehead atoms. The molecular weight excluding hydrogens is 661 g/mol. The summed E-state index contributed by atoms with van der Waals surface area (Å²) in [5.74, 6) is -0.830. The Kier molecular flexibility index (Phi) is 9.65. The van der Waals surface area contributed by atoms with E-state index in [0.717, 1.165) is 0 Å². The van der Waals surface area contributed by atoms with Crippen LogP contribution in [-0.4, -0.2) is 61.8 Å². The van der Waals surface area contributed by atoms with Gasteiger partial charge in [-0.25, -0.2) is 19.3 Å². The number of fused-ring (bicyclic) bond motifs is 1. The Labute approximate surface area is 274 Å². The Morgan fingerprint density at radius 1 is 1.09 bits per heavy atom. The SMILES string of the molecule is CC(C)c1ncnc(C(C)C)c1-n1c(=O)c(C#N)c(N2CCN(C(=O)/C=C/CBr)CC2)c2cc(Cl)c(-c3ccccc3F)nc21. The lowest BCUT2D eigenvalue weighted by atomic mass is 10.00. The quantitative estimate of drug-likeness (QED) is 0.164. The molecule has 0 unspecified atom stereocenters. The topological polar surface area (TPSA) is 108 Å². The van der Waals surface area contributed by atoms with Gasteiger partial charge < -0.3 is 9.80 Å². The molecule has 0 radical (unpaired) electrons. The van der Waals surface area contributed by atoms with Crippen molar-refractivity contribution in [3.8, 4) is 23.0 Å². The highest BCUT2D eigenvalue weighted by atomic mass is 79.9. The summed E-state index contributed by atoms with van der Waals surface area (Å²) in [5.41, 5.74) is 1.91. The van der Waals surface area contributed by atoms with Gasteiger partial charge in [0, 0.05) is 42.5 Å². The fourth-order valence-corrected chi connectivity index (χ4v) is 6.07. The number of piperazine rings is 1. The lowest BCUT2D eigenvalue weighted by Gasteiger charge is -2.36. The molecule has 9 nitrogen and oxygen atoms in total. The van der Waals surface area contributed by atoms with E-state index >= 15 is 4.39 Å². The van der Waals surface area contributed by atoms with E-state index in [2.05, 4.69) is 32.0 Å². The van der Waals surface area contributed by atoms with Gasteiger partial charge in [-0.2, -0.15) is 5.26 Å². The highest BCUT2D eigenvalue weighted by molar-refractivity contribution is 9.09. The Hall–Kier alpha value is -4.14. The van der Waals surface area contributed by atoms with Gasteiger partial charge in [-0.05, 0) is 36.1 Å². The van der Waals surface area contributed by atoms with Crippen molar-refractivity contribution in [2.24, 2.45) is 0 Å². The summed E-state index contributed by atoms with van der Waals surface area (Å²) in [4.78, 5) is 44.8. The van der Waals surface area contributed by atoms with Gasteiger partial charge in [0.2, 0.25) is 5.91 Å². The van der Waals surface area contributed by atoms with Crippen LogP contribution in [0.3, 0.4) is 0 Å². The zero-order valence-electron chi connectivity index (χ0n) is 25.4. The summed E-state index contributed by atoms with van der Waals surface area (Å²) in [6.07, 6.45) is 4.74. The lowest BCUT2D eigenvalue weighted by Crippen LogP contribution is -2.49. The van der Waals surface area contributed by atoms with Gasteiger partial charge in [0.05, 0.1) is 33.5 Å². The number of nitrogens with zero attached hydrogens (tertiary/aromatic N) is 7. The molecule has 1 fully saturated rings. The fourth-order valence-electron chi connectivity index (χ4n) is 5.63. The highest BCUT2D eigenvalue weighted by Gasteiger charge is 2.30. The molecule has 0 N–H and O–H groups in total. The summed E-state index contributed by atoms with van der Waals surface area (Å²) in [6, 6.07) is 9.95. The van der Waals surface area contributed by atoms with Crippen LogP contribution in [0.2, 0.25) is 5.02 Å². The van der Waals surface area contributed by atoms with Crippen LogP contribution in [0.5, 0.6) is 0 Å². The van der Waals surface area contributed by atoms with Crippen molar-refractivity contribution in [2.75, 3.05) is 36.4 Å². The van der Waals surface area contributed by atoms with Gasteiger partial charge >= 0.3 is 0 Å². The van der Waals surface area contributed by atoms with E-state index in [1.54, 1.807) is 35.2 Å². The standard InChI is InChI=1S/C33H32BrClFN7O2/c1-19(2)27-31(28(20(3)4)39-18-38-27)43-32-22(16-24(35)29(40-32)21-8-5-6-9-25(21)36)30(23(17-37)33(43)45)42-14-12-41(13-15-42)26(44)10-7-11-34/h5-10,16,18-20H,11-15H2,1-4H3/b10-7+. The number of nitriles is 1. The van der Waals surface area contributed by atoms with Gasteiger partial charge in [0.25, 0.3) is 5.56 Å². The number of alkyl halides is 1. The normalized spacial score (nSPS) is 13.8. The van der Waals surface area contributed by atoms with Crippen LogP contribution in [0.4, 0.5) is 10.1 Å². The monoisotopic (exact) mass is 691 g/mol. The van der Waals surface area contributed by atoms with Crippen LogP contribution in [-0.2, 0) is 4.79 Å². The van der Waals surface area contributed by atoms with Gasteiger partial charge in [-0.3, -0.25) is 14.2 Å². The molecule has 1 aliphatic heterocycles. The first kappa shape index (κ1) is 32.3. The highest BCUT2D eigenvalue weighted by Crippen LogP contribution is 2.38. The summed E-state index contributed by atoms with van der Waals surface area (Å²) < 4.78 is 16.5. The average molecular weight is 693 g/mol. The molecule has 4 heterocycles. The first-order valence-corrected chi connectivity index (χ1v) is 16.1. The minimum Gasteiger partial charge on any atom is -0.366 e. The minimum absolute atomic E-state index is 0.0914. The summed E-state index contributed by atoms with van der Waals surface area (Å²) in [5, 5.41) is 11.7. The molecular formula is C33H32BrClFN7O2. The molecule has 0 atom stereocenters. The molecule has 4 aromatic rings. The Morgan fingerprint density at radius 3 is 2.31 bits per heavy atom. The molecule has 3 aromatic heterocycles. The lowest BCUT2D eigenvalue weighted by molar-refractivity contribution is -0.126. The van der Waals surface area contributed by atoms with E-state index in [0.29, 0.717) is 59.7 Å². The summed E-state index contributed by atoms with van der Waals surface area (Å²) >= 11 is 10.1. The molecule has 1 saturated heterocycles. The minimum atomic E-state index is -0.591. The van der Waals surface area contributed by atoms with E-state index in [4.69, 9.17) is 16.6 Å². The van der Waals surface area contributed by atoms with Gasteiger partial charge in [0.15, 0.2) is 0 Å². The van der Waals surface area contributed by atoms with Crippen molar-refractivity contribution in [3.05, 3.63) is 87.0 Å². The zero-order chi connectivity index (χ0) is 32.4. The second-order valence-electron chi connectivity index (χ2n) is 11.3. The Bertz CT molecular complexity index is 1880. The molecule has 5 rings (SSSR count). The predicted molar refractivity (Wildman–Crippen MR) is 178 cm³/mol. The Balaban J connectivity index is 1.84. The first-order valence-electron chi connectivity index (χ1n) is 14.6. The molecule has 0 saturated carbocycles. The third-order valence-corrected chi connectivity index (χ3v) is 8.43. The van der Waals surface area contributed by atoms with Gasteiger partial charge in [0.1, 0.15) is 29.4 Å². The van der Waals surface area contributed by atoms with Gasteiger partial charge in [-0.1, -0.05) is 73.4 Å². The fraction of sp³-hybridized carbons (Fsp3) is 0.333. The van der Waals surface area contributed by atoms with Crippen LogP contribution in [0.25, 0.3) is 28.0 Å². The number of benzene rings is 1. The first-order chi connectivity index (χ1) is 21.6. The maximum Gasteiger partial charge on any atom is 0.276 e. The number of allylic oxidation sites excluding steroid dienone is 1. The van der Waals surface area contributed by atoms with E-state index in [-0.39, 0.29) is 45.2 Å². The molecule has 1 aliphatic rings. The van der Waals surface area contributed by atoms with E-state index < -0.39 is 11.4 Å². The molecule has 12 heteroatoms. The van der Waals surface area contributed by atoms with E-state index in [9.17, 15) is 14.9 Å². The zero-order valence-corrected chi connectivity index (χ0v) is 27.7. The number of hydrogen-bond donors (Lipinski definition) is 0. The number of anilines is 1. The van der Waals surface area contributed by atoms with Crippen LogP contribution < -0.4 is 10.5 Å². The van der Waals surface area contributed by atoms with Crippen molar-refractivity contribution in [3.63, 3.8) is 0 Å². The van der Waals surface area contributed by atoms with E-state index in [1.165, 1.54) is 23.0 Å². The summed E-state index contributed by atoms with van der Waals surface area (Å²) in [7, 11) is 0. The number of carbonyl (C=O) groups excluding carboxylic acids is 1. The van der Waals surface area contributed by atoms with Crippen molar-refractivity contribution in [2.45, 2.75) is 39.5 Å². The number of halogens is 3. The van der Waals surface area contributed by atoms with Crippen LogP contribution in [0, 0.1) is 17.1 Å². The number of aromatic nitrogens is 4. The van der Waals surface area contributed by atoms with Crippen LogP contribution in [0.1, 0.15) is 56.5 Å². The molecule has 0 aliphatic carbocycles. The number of hydrogen-bond acceptors (Lipinski definition) is 7. The van der Waals surface area contributed by atoms with Gasteiger partial charge in [-0.15, -0.1) is 0 Å². The number of rotatable bonds is 7. The van der Waals surface area contributed by atoms with Crippen LogP contribution in [0.15, 0.2) is 53.6 Å². The van der Waals surface area contributed by atoms with Crippen molar-refractivity contribution in [1.82, 2.24) is 24.4 Å². The largest absolute Gasteiger partial charge is 0.366 e. The predicted octanol–water partition coefficient (Wildman–Crippen LogP) is 6.35. The second kappa shape index (κ2) is 13.5. The maximum atomic E-state index is 15.1. The smallest absolute Gasteiger partial charge is 0.276 e. The second-order valence-corrected chi connectivity index (χ2v) is 12.4.